The molecule has 0 aromatic carbocycles. The Hall–Kier alpha value is -1.11. The Morgan fingerprint density at radius 2 is 1.83 bits per heavy atom. The molecule has 0 heterocycles. The van der Waals surface area contributed by atoms with Gasteiger partial charge in [-0.05, 0) is 32.2 Å². The van der Waals surface area contributed by atoms with Crippen molar-refractivity contribution in [3.63, 3.8) is 0 Å². The SMILES string of the molecule is C=C/C(C)=C(/C=C\C)N=C.CC. The van der Waals surface area contributed by atoms with E-state index in [2.05, 4.69) is 18.3 Å². The van der Waals surface area contributed by atoms with Crippen LogP contribution < -0.4 is 0 Å². The van der Waals surface area contributed by atoms with E-state index in [1.54, 1.807) is 6.08 Å². The lowest BCUT2D eigenvalue weighted by atomic mass is 10.2. The minimum absolute atomic E-state index is 0.887. The summed E-state index contributed by atoms with van der Waals surface area (Å²) in [7, 11) is 0. The molecular formula is C11H19N. The van der Waals surface area contributed by atoms with Crippen molar-refractivity contribution in [1.29, 1.82) is 0 Å². The Kier molecular flexibility index (Phi) is 11.1. The maximum absolute atomic E-state index is 3.82. The summed E-state index contributed by atoms with van der Waals surface area (Å²) < 4.78 is 0. The maximum atomic E-state index is 3.82. The fraction of sp³-hybridized carbons (Fsp3) is 0.364. The molecule has 0 aromatic heterocycles. The first kappa shape index (κ1) is 13.5. The van der Waals surface area contributed by atoms with Gasteiger partial charge in [-0.3, -0.25) is 4.99 Å². The van der Waals surface area contributed by atoms with Gasteiger partial charge in [0.25, 0.3) is 0 Å². The zero-order chi connectivity index (χ0) is 9.98. The first-order valence-electron chi connectivity index (χ1n) is 4.19. The largest absolute Gasteiger partial charge is 0.264 e. The smallest absolute Gasteiger partial charge is 0.0648 e. The zero-order valence-corrected chi connectivity index (χ0v) is 8.59. The summed E-state index contributed by atoms with van der Waals surface area (Å²) in [6.07, 6.45) is 5.60. The third-order valence-corrected chi connectivity index (χ3v) is 1.21. The van der Waals surface area contributed by atoms with E-state index in [-0.39, 0.29) is 0 Å². The predicted molar refractivity (Wildman–Crippen MR) is 58.6 cm³/mol. The lowest BCUT2D eigenvalue weighted by molar-refractivity contribution is 1.33. The Morgan fingerprint density at radius 1 is 1.33 bits per heavy atom. The van der Waals surface area contributed by atoms with Gasteiger partial charge >= 0.3 is 0 Å². The van der Waals surface area contributed by atoms with Crippen LogP contribution in [0.4, 0.5) is 0 Å². The van der Waals surface area contributed by atoms with Crippen molar-refractivity contribution in [2.45, 2.75) is 27.7 Å². The van der Waals surface area contributed by atoms with Gasteiger partial charge in [0.15, 0.2) is 0 Å². The maximum Gasteiger partial charge on any atom is 0.0648 e. The van der Waals surface area contributed by atoms with E-state index in [1.807, 2.05) is 39.8 Å². The molecule has 0 aliphatic rings. The molecule has 0 bridgehead atoms. The summed E-state index contributed by atoms with van der Waals surface area (Å²) in [6.45, 7) is 15.0. The van der Waals surface area contributed by atoms with E-state index in [9.17, 15) is 0 Å². The fourth-order valence-electron chi connectivity index (χ4n) is 0.571. The molecule has 12 heavy (non-hydrogen) atoms. The molecule has 0 atom stereocenters. The van der Waals surface area contributed by atoms with Gasteiger partial charge in [-0.1, -0.05) is 32.6 Å². The Balaban J connectivity index is 0. The first-order chi connectivity index (χ1) is 5.76. The van der Waals surface area contributed by atoms with Gasteiger partial charge in [-0.15, -0.1) is 0 Å². The predicted octanol–water partition coefficient (Wildman–Crippen LogP) is 3.75. The second kappa shape index (κ2) is 9.89. The first-order valence-corrected chi connectivity index (χ1v) is 4.19. The molecule has 0 N–H and O–H groups in total. The highest BCUT2D eigenvalue weighted by molar-refractivity contribution is 5.38. The number of hydrogen-bond acceptors (Lipinski definition) is 1. The van der Waals surface area contributed by atoms with Crippen LogP contribution in [0.5, 0.6) is 0 Å². The quantitative estimate of drug-likeness (QED) is 0.446. The second-order valence-corrected chi connectivity index (χ2v) is 1.93. The topological polar surface area (TPSA) is 12.4 Å². The van der Waals surface area contributed by atoms with Crippen LogP contribution in [0.3, 0.4) is 0 Å². The Bertz CT molecular complexity index is 185. The number of nitrogens with zero attached hydrogens (tertiary/aromatic N) is 1. The summed E-state index contributed by atoms with van der Waals surface area (Å²) in [5.74, 6) is 0. The molecule has 0 saturated carbocycles. The fourth-order valence-corrected chi connectivity index (χ4v) is 0.571. The summed E-state index contributed by atoms with van der Waals surface area (Å²) in [5, 5.41) is 0. The average Bonchev–Trinajstić information content (AvgIpc) is 2.16. The summed E-state index contributed by atoms with van der Waals surface area (Å²) in [4.78, 5) is 3.82. The van der Waals surface area contributed by atoms with E-state index in [0.717, 1.165) is 11.3 Å². The van der Waals surface area contributed by atoms with Crippen molar-refractivity contribution in [3.8, 4) is 0 Å². The van der Waals surface area contributed by atoms with Crippen molar-refractivity contribution >= 4 is 6.72 Å². The molecule has 1 heteroatoms. The molecule has 0 aliphatic heterocycles. The monoisotopic (exact) mass is 165 g/mol. The molecule has 0 saturated heterocycles. The highest BCUT2D eigenvalue weighted by atomic mass is 14.7. The van der Waals surface area contributed by atoms with E-state index < -0.39 is 0 Å². The van der Waals surface area contributed by atoms with Gasteiger partial charge in [0, 0.05) is 0 Å². The second-order valence-electron chi connectivity index (χ2n) is 1.93. The van der Waals surface area contributed by atoms with Gasteiger partial charge in [-0.2, -0.15) is 0 Å². The minimum atomic E-state index is 0.887. The van der Waals surface area contributed by atoms with Crippen molar-refractivity contribution in [2.24, 2.45) is 4.99 Å². The number of rotatable bonds is 3. The van der Waals surface area contributed by atoms with E-state index >= 15 is 0 Å². The molecule has 0 aliphatic carbocycles. The summed E-state index contributed by atoms with van der Waals surface area (Å²) >= 11 is 0. The minimum Gasteiger partial charge on any atom is -0.264 e. The van der Waals surface area contributed by atoms with Crippen LogP contribution in [0.2, 0.25) is 0 Å². The van der Waals surface area contributed by atoms with Crippen LogP contribution in [0.25, 0.3) is 0 Å². The van der Waals surface area contributed by atoms with E-state index in [1.165, 1.54) is 0 Å². The number of allylic oxidation sites excluding steroid dienone is 4. The van der Waals surface area contributed by atoms with E-state index in [4.69, 9.17) is 0 Å². The van der Waals surface area contributed by atoms with Crippen LogP contribution >= 0.6 is 0 Å². The molecule has 0 rings (SSSR count). The van der Waals surface area contributed by atoms with Gasteiger partial charge in [0.05, 0.1) is 5.70 Å². The average molecular weight is 165 g/mol. The van der Waals surface area contributed by atoms with Crippen LogP contribution in [-0.2, 0) is 0 Å². The lowest BCUT2D eigenvalue weighted by Crippen LogP contribution is -1.76. The highest BCUT2D eigenvalue weighted by Gasteiger charge is 1.88. The third kappa shape index (κ3) is 5.66. The highest BCUT2D eigenvalue weighted by Crippen LogP contribution is 2.06. The van der Waals surface area contributed by atoms with Crippen LogP contribution in [0, 0.1) is 0 Å². The Morgan fingerprint density at radius 3 is 2.08 bits per heavy atom. The molecule has 0 spiro atoms. The van der Waals surface area contributed by atoms with Gasteiger partial charge in [0.2, 0.25) is 0 Å². The van der Waals surface area contributed by atoms with Crippen molar-refractivity contribution in [1.82, 2.24) is 0 Å². The summed E-state index contributed by atoms with van der Waals surface area (Å²) in [6, 6.07) is 0. The Labute approximate surface area is 76.2 Å². The van der Waals surface area contributed by atoms with Crippen LogP contribution in [-0.4, -0.2) is 6.72 Å². The standard InChI is InChI=1S/C9H13N.C2H6/c1-5-7-9(10-4)8(3)6-2;1-2/h5-7H,2,4H2,1,3H3;1-2H3/b7-5-,9-8-;. The van der Waals surface area contributed by atoms with Gasteiger partial charge in [0.1, 0.15) is 0 Å². The van der Waals surface area contributed by atoms with Crippen molar-refractivity contribution < 1.29 is 0 Å². The third-order valence-electron chi connectivity index (χ3n) is 1.21. The normalized spacial score (nSPS) is 11.3. The molecule has 0 unspecified atom stereocenters. The van der Waals surface area contributed by atoms with Crippen molar-refractivity contribution in [2.75, 3.05) is 0 Å². The molecule has 0 aromatic rings. The lowest BCUT2D eigenvalue weighted by Gasteiger charge is -1.94. The van der Waals surface area contributed by atoms with Crippen LogP contribution in [0.15, 0.2) is 41.1 Å². The summed E-state index contributed by atoms with van der Waals surface area (Å²) in [5.41, 5.74) is 1.94. The zero-order valence-electron chi connectivity index (χ0n) is 8.59. The van der Waals surface area contributed by atoms with Gasteiger partial charge < -0.3 is 0 Å². The van der Waals surface area contributed by atoms with Gasteiger partial charge in [-0.25, -0.2) is 0 Å². The van der Waals surface area contributed by atoms with E-state index in [0.29, 0.717) is 0 Å². The number of hydrogen-bond donors (Lipinski definition) is 0. The van der Waals surface area contributed by atoms with Crippen LogP contribution in [0.1, 0.15) is 27.7 Å². The molecular weight excluding hydrogens is 146 g/mol. The molecule has 0 amide bonds. The molecule has 0 fully saturated rings. The number of aliphatic imine (C=N–C) groups is 1. The molecule has 68 valence electrons. The van der Waals surface area contributed by atoms with Crippen molar-refractivity contribution in [3.05, 3.63) is 36.1 Å². The molecule has 0 radical (unpaired) electrons. The molecule has 1 nitrogen and oxygen atoms in total.